The fourth-order valence-corrected chi connectivity index (χ4v) is 2.56. The Labute approximate surface area is 121 Å². The Morgan fingerprint density at radius 2 is 2.10 bits per heavy atom. The van der Waals surface area contributed by atoms with E-state index in [4.69, 9.17) is 0 Å². The lowest BCUT2D eigenvalue weighted by atomic mass is 10.1. The number of rotatable bonds is 6. The number of nitrogens with one attached hydrogen (secondary N) is 2. The predicted molar refractivity (Wildman–Crippen MR) is 79.8 cm³/mol. The third kappa shape index (κ3) is 3.55. The number of amides is 1. The topological polar surface area (TPSA) is 74.2 Å². The molecular formula is C14H17N3O2S. The molecule has 1 aromatic heterocycles. The number of aliphatic hydroxyl groups is 1. The van der Waals surface area contributed by atoms with Crippen molar-refractivity contribution < 1.29 is 9.90 Å². The molecule has 3 N–H and O–H groups in total. The number of thiazole rings is 1. The van der Waals surface area contributed by atoms with Crippen LogP contribution in [0.4, 0.5) is 5.13 Å². The number of aliphatic hydroxyl groups excluding tert-OH is 1. The molecule has 0 unspecified atom stereocenters. The second-order valence-corrected chi connectivity index (χ2v) is 5.20. The number of benzene rings is 1. The molecule has 5 nitrogen and oxygen atoms in total. The van der Waals surface area contributed by atoms with E-state index in [1.165, 1.54) is 11.3 Å². The fourth-order valence-electron chi connectivity index (χ4n) is 1.76. The van der Waals surface area contributed by atoms with E-state index in [-0.39, 0.29) is 12.5 Å². The predicted octanol–water partition coefficient (Wildman–Crippen LogP) is 2.00. The molecule has 0 saturated heterocycles. The first-order valence-corrected chi connectivity index (χ1v) is 7.21. The monoisotopic (exact) mass is 291 g/mol. The molecule has 6 heteroatoms. The molecular weight excluding hydrogens is 274 g/mol. The first-order chi connectivity index (χ1) is 9.74. The van der Waals surface area contributed by atoms with Gasteiger partial charge in [-0.25, -0.2) is 4.98 Å². The van der Waals surface area contributed by atoms with Crippen molar-refractivity contribution in [1.29, 1.82) is 0 Å². The van der Waals surface area contributed by atoms with Crippen molar-refractivity contribution in [2.45, 2.75) is 20.1 Å². The summed E-state index contributed by atoms with van der Waals surface area (Å²) in [6.07, 6.45) is 1.57. The maximum atomic E-state index is 12.0. The van der Waals surface area contributed by atoms with Crippen LogP contribution < -0.4 is 10.6 Å². The van der Waals surface area contributed by atoms with Crippen LogP contribution in [0, 0.1) is 0 Å². The Hall–Kier alpha value is -1.92. The van der Waals surface area contributed by atoms with Crippen molar-refractivity contribution in [3.8, 4) is 0 Å². The second-order valence-electron chi connectivity index (χ2n) is 4.17. The van der Waals surface area contributed by atoms with Gasteiger partial charge in [0.05, 0.1) is 12.8 Å². The lowest BCUT2D eigenvalue weighted by Crippen LogP contribution is -2.22. The summed E-state index contributed by atoms with van der Waals surface area (Å²) in [5.41, 5.74) is 1.74. The Balaban J connectivity index is 1.97. The lowest BCUT2D eigenvalue weighted by molar-refractivity contribution is 0.0954. The lowest BCUT2D eigenvalue weighted by Gasteiger charge is -2.07. The van der Waals surface area contributed by atoms with Crippen molar-refractivity contribution in [2.24, 2.45) is 0 Å². The highest BCUT2D eigenvalue weighted by Crippen LogP contribution is 2.17. The molecule has 0 radical (unpaired) electrons. The zero-order chi connectivity index (χ0) is 14.4. The molecule has 2 rings (SSSR count). The van der Waals surface area contributed by atoms with Gasteiger partial charge in [-0.15, -0.1) is 0 Å². The highest BCUT2D eigenvalue weighted by Gasteiger charge is 2.10. The minimum Gasteiger partial charge on any atom is -0.392 e. The molecule has 0 bridgehead atoms. The molecule has 1 heterocycles. The van der Waals surface area contributed by atoms with E-state index in [0.717, 1.165) is 22.8 Å². The minimum atomic E-state index is -0.153. The molecule has 20 heavy (non-hydrogen) atoms. The maximum Gasteiger partial charge on any atom is 0.263 e. The van der Waals surface area contributed by atoms with Crippen LogP contribution in [0.5, 0.6) is 0 Å². The number of hydrogen-bond acceptors (Lipinski definition) is 5. The largest absolute Gasteiger partial charge is 0.392 e. The van der Waals surface area contributed by atoms with Gasteiger partial charge in [-0.1, -0.05) is 35.6 Å². The van der Waals surface area contributed by atoms with E-state index >= 15 is 0 Å². The van der Waals surface area contributed by atoms with Crippen LogP contribution in [0.3, 0.4) is 0 Å². The number of nitrogens with zero attached hydrogens (tertiary/aromatic N) is 1. The van der Waals surface area contributed by atoms with Gasteiger partial charge in [0.2, 0.25) is 0 Å². The zero-order valence-corrected chi connectivity index (χ0v) is 12.0. The molecule has 0 fully saturated rings. The zero-order valence-electron chi connectivity index (χ0n) is 11.2. The summed E-state index contributed by atoms with van der Waals surface area (Å²) in [5.74, 6) is -0.153. The van der Waals surface area contributed by atoms with Gasteiger partial charge in [0.1, 0.15) is 4.88 Å². The number of anilines is 1. The van der Waals surface area contributed by atoms with Crippen LogP contribution in [-0.2, 0) is 13.2 Å². The van der Waals surface area contributed by atoms with Crippen LogP contribution in [0.25, 0.3) is 0 Å². The van der Waals surface area contributed by atoms with E-state index < -0.39 is 0 Å². The van der Waals surface area contributed by atoms with Crippen LogP contribution in [0.1, 0.15) is 27.7 Å². The first-order valence-electron chi connectivity index (χ1n) is 6.40. The van der Waals surface area contributed by atoms with Crippen LogP contribution in [0.2, 0.25) is 0 Å². The normalized spacial score (nSPS) is 10.3. The Bertz CT molecular complexity index is 583. The summed E-state index contributed by atoms with van der Waals surface area (Å²) in [5, 5.41) is 15.9. The quantitative estimate of drug-likeness (QED) is 0.761. The van der Waals surface area contributed by atoms with Crippen molar-refractivity contribution in [1.82, 2.24) is 10.3 Å². The Morgan fingerprint density at radius 3 is 2.80 bits per heavy atom. The highest BCUT2D eigenvalue weighted by molar-refractivity contribution is 7.17. The van der Waals surface area contributed by atoms with E-state index in [0.29, 0.717) is 11.4 Å². The molecule has 0 aliphatic heterocycles. The van der Waals surface area contributed by atoms with Gasteiger partial charge in [-0.05, 0) is 18.1 Å². The fraction of sp³-hybridized carbons (Fsp3) is 0.286. The summed E-state index contributed by atoms with van der Waals surface area (Å²) in [6.45, 7) is 3.12. The molecule has 106 valence electrons. The van der Waals surface area contributed by atoms with Crippen molar-refractivity contribution in [3.63, 3.8) is 0 Å². The van der Waals surface area contributed by atoms with E-state index in [2.05, 4.69) is 15.6 Å². The third-order valence-corrected chi connectivity index (χ3v) is 3.74. The molecule has 0 aliphatic carbocycles. The first kappa shape index (κ1) is 14.5. The SMILES string of the molecule is CCNc1ncc(C(=O)NCc2ccccc2CO)s1. The average Bonchev–Trinajstić information content (AvgIpc) is 2.94. The van der Waals surface area contributed by atoms with E-state index in [9.17, 15) is 9.90 Å². The number of carbonyl (C=O) groups excluding carboxylic acids is 1. The summed E-state index contributed by atoms with van der Waals surface area (Å²) in [6, 6.07) is 7.49. The Morgan fingerprint density at radius 1 is 1.35 bits per heavy atom. The number of hydrogen-bond donors (Lipinski definition) is 3. The highest BCUT2D eigenvalue weighted by atomic mass is 32.1. The van der Waals surface area contributed by atoms with E-state index in [1.54, 1.807) is 6.20 Å². The van der Waals surface area contributed by atoms with Crippen LogP contribution in [-0.4, -0.2) is 22.5 Å². The van der Waals surface area contributed by atoms with Gasteiger partial charge in [0, 0.05) is 13.1 Å². The minimum absolute atomic E-state index is 0.0306. The summed E-state index contributed by atoms with van der Waals surface area (Å²) in [4.78, 5) is 16.7. The van der Waals surface area contributed by atoms with Crippen LogP contribution >= 0.6 is 11.3 Å². The summed E-state index contributed by atoms with van der Waals surface area (Å²) >= 11 is 1.33. The van der Waals surface area contributed by atoms with Gasteiger partial charge in [-0.3, -0.25) is 4.79 Å². The standard InChI is InChI=1S/C14H17N3O2S/c1-2-15-14-17-8-12(20-14)13(19)16-7-10-5-3-4-6-11(10)9-18/h3-6,8,18H,2,7,9H2,1H3,(H,15,17)(H,16,19). The van der Waals surface area contributed by atoms with Gasteiger partial charge in [0.15, 0.2) is 5.13 Å². The van der Waals surface area contributed by atoms with E-state index in [1.807, 2.05) is 31.2 Å². The van der Waals surface area contributed by atoms with Crippen molar-refractivity contribution >= 4 is 22.4 Å². The molecule has 2 aromatic rings. The molecule has 0 spiro atoms. The molecule has 1 aromatic carbocycles. The maximum absolute atomic E-state index is 12.0. The molecule has 0 atom stereocenters. The van der Waals surface area contributed by atoms with Crippen molar-refractivity contribution in [2.75, 3.05) is 11.9 Å². The van der Waals surface area contributed by atoms with Crippen LogP contribution in [0.15, 0.2) is 30.5 Å². The average molecular weight is 291 g/mol. The second kappa shape index (κ2) is 7.02. The molecule has 1 amide bonds. The third-order valence-electron chi connectivity index (χ3n) is 2.79. The summed E-state index contributed by atoms with van der Waals surface area (Å²) < 4.78 is 0. The molecule has 0 saturated carbocycles. The Kier molecular flexibility index (Phi) is 5.09. The number of carbonyl (C=O) groups is 1. The van der Waals surface area contributed by atoms with Gasteiger partial charge >= 0.3 is 0 Å². The van der Waals surface area contributed by atoms with Gasteiger partial charge in [-0.2, -0.15) is 0 Å². The van der Waals surface area contributed by atoms with Gasteiger partial charge < -0.3 is 15.7 Å². The smallest absolute Gasteiger partial charge is 0.263 e. The molecule has 0 aliphatic rings. The van der Waals surface area contributed by atoms with Crippen molar-refractivity contribution in [3.05, 3.63) is 46.5 Å². The summed E-state index contributed by atoms with van der Waals surface area (Å²) in [7, 11) is 0. The van der Waals surface area contributed by atoms with Gasteiger partial charge in [0.25, 0.3) is 5.91 Å². The number of aromatic nitrogens is 1.